The molecule has 41 heavy (non-hydrogen) atoms. The largest absolute Gasteiger partial charge is 0.353 e. The summed E-state index contributed by atoms with van der Waals surface area (Å²) in [6.07, 6.45) is 0. The van der Waals surface area contributed by atoms with Crippen molar-refractivity contribution >= 4 is 77.8 Å². The van der Waals surface area contributed by atoms with Crippen molar-refractivity contribution in [2.45, 2.75) is 19.6 Å². The Balaban J connectivity index is 1.35. The maximum absolute atomic E-state index is 3.83. The molecule has 0 amide bonds. The Kier molecular flexibility index (Phi) is 5.27. The van der Waals surface area contributed by atoms with Crippen molar-refractivity contribution < 1.29 is 0 Å². The highest BCUT2D eigenvalue weighted by atomic mass is 32.2. The lowest BCUT2D eigenvalue weighted by atomic mass is 9.89. The zero-order chi connectivity index (χ0) is 26.9. The smallest absolute Gasteiger partial charge is 0.0606 e. The van der Waals surface area contributed by atoms with Crippen LogP contribution in [0.3, 0.4) is 0 Å². The van der Waals surface area contributed by atoms with E-state index in [0.717, 1.165) is 11.4 Å². The van der Waals surface area contributed by atoms with Crippen molar-refractivity contribution in [3.05, 3.63) is 121 Å². The fourth-order valence-corrected chi connectivity index (χ4v) is 9.23. The molecule has 5 heteroatoms. The van der Waals surface area contributed by atoms with Gasteiger partial charge in [0, 0.05) is 56.4 Å². The van der Waals surface area contributed by atoms with E-state index in [-0.39, 0.29) is 0 Å². The third-order valence-corrected chi connectivity index (χ3v) is 11.3. The molecule has 3 heterocycles. The summed E-state index contributed by atoms with van der Waals surface area (Å²) in [5, 5.41) is 10.3. The maximum Gasteiger partial charge on any atom is 0.0606 e. The molecule has 0 fully saturated rings. The highest BCUT2D eigenvalue weighted by Crippen LogP contribution is 2.54. The molecule has 0 bridgehead atoms. The van der Waals surface area contributed by atoms with Crippen molar-refractivity contribution in [1.29, 1.82) is 0 Å². The molecule has 0 saturated carbocycles. The number of anilines is 4. The van der Waals surface area contributed by atoms with Gasteiger partial charge in [-0.3, -0.25) is 0 Å². The number of fused-ring (bicyclic) bond motifs is 7. The summed E-state index contributed by atoms with van der Waals surface area (Å²) in [5.74, 6) is 0. The monoisotopic (exact) mass is 578 g/mol. The summed E-state index contributed by atoms with van der Waals surface area (Å²) in [6.45, 7) is 0. The molecular formula is C36H22N2S3. The van der Waals surface area contributed by atoms with Crippen LogP contribution in [-0.4, -0.2) is 0 Å². The van der Waals surface area contributed by atoms with E-state index in [1.54, 1.807) is 0 Å². The number of para-hydroxylation sites is 4. The number of thiophene rings is 1. The standard InChI is InChI=1S/C36H22N2S3/c1-4-14-27-23(9-1)34-30(39-27)20-19-21(22-10-7-17-31-35(22)37-25-12-2-5-15-28(25)40-31)33(34)24-11-8-18-32-36(24)38-26-13-3-6-16-29(26)41-32/h1-20,37-38H. The van der Waals surface area contributed by atoms with Gasteiger partial charge in [-0.05, 0) is 54.1 Å². The van der Waals surface area contributed by atoms with Crippen LogP contribution in [0.2, 0.25) is 0 Å². The summed E-state index contributed by atoms with van der Waals surface area (Å²) < 4.78 is 2.62. The molecule has 2 nitrogen and oxygen atoms in total. The first-order valence-corrected chi connectivity index (χ1v) is 16.1. The van der Waals surface area contributed by atoms with E-state index in [0.29, 0.717) is 0 Å². The summed E-state index contributed by atoms with van der Waals surface area (Å²) in [4.78, 5) is 5.02. The SMILES string of the molecule is c1ccc2c(c1)Nc1c(cccc1-c1ccc3sc4ccccc4c3c1-c1cccc3c1Nc1ccccc1S3)S2. The van der Waals surface area contributed by atoms with Crippen molar-refractivity contribution in [2.24, 2.45) is 0 Å². The van der Waals surface area contributed by atoms with Gasteiger partial charge in [-0.1, -0.05) is 96.3 Å². The molecule has 2 aliphatic rings. The molecule has 6 aromatic carbocycles. The van der Waals surface area contributed by atoms with E-state index in [9.17, 15) is 0 Å². The van der Waals surface area contributed by atoms with Crippen LogP contribution >= 0.6 is 34.9 Å². The Bertz CT molecular complexity index is 2180. The Morgan fingerprint density at radius 1 is 0.415 bits per heavy atom. The summed E-state index contributed by atoms with van der Waals surface area (Å²) in [6, 6.07) is 44.1. The van der Waals surface area contributed by atoms with E-state index >= 15 is 0 Å². The lowest BCUT2D eigenvalue weighted by Gasteiger charge is -2.26. The second kappa shape index (κ2) is 9.18. The highest BCUT2D eigenvalue weighted by molar-refractivity contribution is 8.00. The van der Waals surface area contributed by atoms with E-state index < -0.39 is 0 Å². The number of rotatable bonds is 2. The molecule has 1 aromatic heterocycles. The molecule has 0 atom stereocenters. The minimum absolute atomic E-state index is 1.16. The van der Waals surface area contributed by atoms with Crippen LogP contribution in [0.5, 0.6) is 0 Å². The maximum atomic E-state index is 3.83. The summed E-state index contributed by atoms with van der Waals surface area (Å²) in [5.41, 5.74) is 9.65. The van der Waals surface area contributed by atoms with Crippen LogP contribution in [0, 0.1) is 0 Å². The lowest BCUT2D eigenvalue weighted by Crippen LogP contribution is -2.04. The van der Waals surface area contributed by atoms with Crippen LogP contribution in [0.1, 0.15) is 0 Å². The Morgan fingerprint density at radius 3 is 1.73 bits per heavy atom. The third kappa shape index (κ3) is 3.66. The van der Waals surface area contributed by atoms with Crippen molar-refractivity contribution in [3.8, 4) is 22.3 Å². The predicted molar refractivity (Wildman–Crippen MR) is 178 cm³/mol. The minimum atomic E-state index is 1.16. The Morgan fingerprint density at radius 2 is 1.00 bits per heavy atom. The van der Waals surface area contributed by atoms with Crippen LogP contribution in [-0.2, 0) is 0 Å². The van der Waals surface area contributed by atoms with Crippen molar-refractivity contribution in [1.82, 2.24) is 0 Å². The number of hydrogen-bond donors (Lipinski definition) is 2. The molecule has 0 spiro atoms. The van der Waals surface area contributed by atoms with Gasteiger partial charge in [0.1, 0.15) is 0 Å². The van der Waals surface area contributed by atoms with Crippen LogP contribution in [0.15, 0.2) is 141 Å². The van der Waals surface area contributed by atoms with Gasteiger partial charge in [0.2, 0.25) is 0 Å². The Hall–Kier alpha value is -4.16. The quantitative estimate of drug-likeness (QED) is 0.213. The number of hydrogen-bond acceptors (Lipinski definition) is 5. The van der Waals surface area contributed by atoms with Gasteiger partial charge < -0.3 is 10.6 Å². The fourth-order valence-electron chi connectivity index (χ4n) is 6.07. The van der Waals surface area contributed by atoms with E-state index in [1.165, 1.54) is 73.4 Å². The van der Waals surface area contributed by atoms with Gasteiger partial charge in [0.05, 0.1) is 22.7 Å². The zero-order valence-electron chi connectivity index (χ0n) is 21.8. The summed E-state index contributed by atoms with van der Waals surface area (Å²) >= 11 is 5.56. The minimum Gasteiger partial charge on any atom is -0.353 e. The Labute approximate surface area is 250 Å². The number of benzene rings is 6. The molecule has 7 aromatic rings. The van der Waals surface area contributed by atoms with E-state index in [4.69, 9.17) is 0 Å². The van der Waals surface area contributed by atoms with Crippen LogP contribution in [0.4, 0.5) is 22.7 Å². The molecule has 0 saturated heterocycles. The summed E-state index contributed by atoms with van der Waals surface area (Å²) in [7, 11) is 0. The normalized spacial score (nSPS) is 13.1. The first-order valence-electron chi connectivity index (χ1n) is 13.6. The molecule has 194 valence electrons. The second-order valence-electron chi connectivity index (χ2n) is 10.3. The number of nitrogens with one attached hydrogen (secondary N) is 2. The van der Waals surface area contributed by atoms with Gasteiger partial charge in [0.25, 0.3) is 0 Å². The van der Waals surface area contributed by atoms with Gasteiger partial charge in [-0.15, -0.1) is 11.3 Å². The van der Waals surface area contributed by atoms with Gasteiger partial charge in [0.15, 0.2) is 0 Å². The van der Waals surface area contributed by atoms with E-state index in [1.807, 2.05) is 34.9 Å². The molecule has 0 aliphatic carbocycles. The molecule has 2 aliphatic heterocycles. The van der Waals surface area contributed by atoms with Gasteiger partial charge >= 0.3 is 0 Å². The molecule has 2 N–H and O–H groups in total. The van der Waals surface area contributed by atoms with Crippen molar-refractivity contribution in [2.75, 3.05) is 10.6 Å². The average Bonchev–Trinajstić information content (AvgIpc) is 3.41. The van der Waals surface area contributed by atoms with Crippen molar-refractivity contribution in [3.63, 3.8) is 0 Å². The van der Waals surface area contributed by atoms with Gasteiger partial charge in [-0.25, -0.2) is 0 Å². The van der Waals surface area contributed by atoms with E-state index in [2.05, 4.69) is 132 Å². The first-order chi connectivity index (χ1) is 20.3. The van der Waals surface area contributed by atoms with Gasteiger partial charge in [-0.2, -0.15) is 0 Å². The molecule has 0 unspecified atom stereocenters. The highest BCUT2D eigenvalue weighted by Gasteiger charge is 2.26. The average molecular weight is 579 g/mol. The second-order valence-corrected chi connectivity index (χ2v) is 13.5. The van der Waals surface area contributed by atoms with Crippen LogP contribution in [0.25, 0.3) is 42.4 Å². The zero-order valence-corrected chi connectivity index (χ0v) is 24.2. The fraction of sp³-hybridized carbons (Fsp3) is 0. The van der Waals surface area contributed by atoms with Crippen LogP contribution < -0.4 is 10.6 Å². The predicted octanol–water partition coefficient (Wildman–Crippen LogP) is 11.8. The molecular weight excluding hydrogens is 557 g/mol. The third-order valence-electron chi connectivity index (χ3n) is 7.89. The topological polar surface area (TPSA) is 24.1 Å². The first kappa shape index (κ1) is 23.5. The molecule has 9 rings (SSSR count). The lowest BCUT2D eigenvalue weighted by molar-refractivity contribution is 1.31. The molecule has 0 radical (unpaired) electrons.